The van der Waals surface area contributed by atoms with Gasteiger partial charge in [0.05, 0.1) is 6.61 Å². The van der Waals surface area contributed by atoms with Crippen molar-refractivity contribution in [2.45, 2.75) is 26.7 Å². The minimum atomic E-state index is -0.149. The molecule has 0 radical (unpaired) electrons. The van der Waals surface area contributed by atoms with Gasteiger partial charge in [0.15, 0.2) is 0 Å². The van der Waals surface area contributed by atoms with E-state index in [1.807, 2.05) is 49.4 Å². The van der Waals surface area contributed by atoms with E-state index < -0.39 is 0 Å². The van der Waals surface area contributed by atoms with Gasteiger partial charge in [-0.15, -0.1) is 0 Å². The number of hydrogen-bond donors (Lipinski definition) is 1. The number of hydrogen-bond acceptors (Lipinski definition) is 2. The van der Waals surface area contributed by atoms with Crippen LogP contribution in [0.15, 0.2) is 53.0 Å². The maximum Gasteiger partial charge on any atom is 0.248 e. The molecule has 0 atom stereocenters. The summed E-state index contributed by atoms with van der Waals surface area (Å²) in [5, 5.41) is 2.88. The molecule has 4 heteroatoms. The van der Waals surface area contributed by atoms with Gasteiger partial charge in [-0.1, -0.05) is 41.4 Å². The largest absolute Gasteiger partial charge is 0.494 e. The smallest absolute Gasteiger partial charge is 0.248 e. The third-order valence-corrected chi connectivity index (χ3v) is 4.01. The summed E-state index contributed by atoms with van der Waals surface area (Å²) >= 11 is 3.41. The molecular weight excluding hydrogens is 366 g/mol. The van der Waals surface area contributed by atoms with E-state index in [2.05, 4.69) is 28.2 Å². The van der Waals surface area contributed by atoms with Crippen LogP contribution in [-0.4, -0.2) is 12.5 Å². The van der Waals surface area contributed by atoms with E-state index in [0.29, 0.717) is 0 Å². The summed E-state index contributed by atoms with van der Waals surface area (Å²) in [4.78, 5) is 12.0. The molecule has 0 bridgehead atoms. The van der Waals surface area contributed by atoms with E-state index in [-0.39, 0.29) is 5.91 Å². The van der Waals surface area contributed by atoms with Crippen LogP contribution in [0.5, 0.6) is 5.75 Å². The van der Waals surface area contributed by atoms with Crippen LogP contribution in [0.4, 0.5) is 5.69 Å². The van der Waals surface area contributed by atoms with Crippen LogP contribution < -0.4 is 10.1 Å². The molecule has 24 heavy (non-hydrogen) atoms. The molecule has 0 aliphatic carbocycles. The highest BCUT2D eigenvalue weighted by molar-refractivity contribution is 9.10. The average Bonchev–Trinajstić information content (AvgIpc) is 2.57. The van der Waals surface area contributed by atoms with Crippen molar-refractivity contribution in [2.24, 2.45) is 0 Å². The Hall–Kier alpha value is -2.07. The molecule has 0 aromatic heterocycles. The van der Waals surface area contributed by atoms with Crippen LogP contribution >= 0.6 is 15.9 Å². The van der Waals surface area contributed by atoms with Crippen molar-refractivity contribution >= 4 is 33.6 Å². The number of ether oxygens (including phenoxy) is 1. The number of nitrogens with one attached hydrogen (secondary N) is 1. The molecule has 1 amide bonds. The fourth-order valence-electron chi connectivity index (χ4n) is 2.12. The Morgan fingerprint density at radius 2 is 1.96 bits per heavy atom. The van der Waals surface area contributed by atoms with Gasteiger partial charge in [0.2, 0.25) is 5.91 Å². The van der Waals surface area contributed by atoms with E-state index >= 15 is 0 Å². The number of halogens is 1. The van der Waals surface area contributed by atoms with Gasteiger partial charge in [0.25, 0.3) is 0 Å². The fraction of sp³-hybridized carbons (Fsp3) is 0.250. The number of unbranched alkanes of at least 4 members (excludes halogenated alkanes) is 1. The van der Waals surface area contributed by atoms with Crippen molar-refractivity contribution in [3.63, 3.8) is 0 Å². The van der Waals surface area contributed by atoms with Crippen molar-refractivity contribution in [2.75, 3.05) is 11.9 Å². The highest BCUT2D eigenvalue weighted by atomic mass is 79.9. The minimum absolute atomic E-state index is 0.149. The van der Waals surface area contributed by atoms with Crippen molar-refractivity contribution in [1.29, 1.82) is 0 Å². The minimum Gasteiger partial charge on any atom is -0.494 e. The average molecular weight is 388 g/mol. The van der Waals surface area contributed by atoms with Crippen LogP contribution in [0.1, 0.15) is 30.9 Å². The van der Waals surface area contributed by atoms with E-state index in [4.69, 9.17) is 4.74 Å². The van der Waals surface area contributed by atoms with E-state index in [1.54, 1.807) is 6.08 Å². The topological polar surface area (TPSA) is 38.3 Å². The maximum absolute atomic E-state index is 12.0. The summed E-state index contributed by atoms with van der Waals surface area (Å²) in [7, 11) is 0. The lowest BCUT2D eigenvalue weighted by Gasteiger charge is -2.07. The molecule has 0 aliphatic heterocycles. The van der Waals surface area contributed by atoms with Gasteiger partial charge < -0.3 is 10.1 Å². The molecule has 0 heterocycles. The Kier molecular flexibility index (Phi) is 7.07. The summed E-state index contributed by atoms with van der Waals surface area (Å²) in [6.45, 7) is 4.83. The van der Waals surface area contributed by atoms with Gasteiger partial charge in [-0.25, -0.2) is 0 Å². The normalized spacial score (nSPS) is 10.8. The van der Waals surface area contributed by atoms with Crippen molar-refractivity contribution in [1.82, 2.24) is 0 Å². The lowest BCUT2D eigenvalue weighted by Crippen LogP contribution is -2.08. The summed E-state index contributed by atoms with van der Waals surface area (Å²) in [6.07, 6.45) is 5.50. The quantitative estimate of drug-likeness (QED) is 0.496. The van der Waals surface area contributed by atoms with E-state index in [9.17, 15) is 4.79 Å². The molecule has 0 aliphatic rings. The van der Waals surface area contributed by atoms with Crippen LogP contribution in [0.25, 0.3) is 6.08 Å². The first-order valence-electron chi connectivity index (χ1n) is 8.06. The van der Waals surface area contributed by atoms with Gasteiger partial charge in [0.1, 0.15) is 5.75 Å². The second-order valence-electron chi connectivity index (χ2n) is 5.55. The zero-order chi connectivity index (χ0) is 17.4. The lowest BCUT2D eigenvalue weighted by molar-refractivity contribution is -0.111. The van der Waals surface area contributed by atoms with E-state index in [0.717, 1.165) is 46.5 Å². The zero-order valence-corrected chi connectivity index (χ0v) is 15.6. The van der Waals surface area contributed by atoms with Crippen molar-refractivity contribution in [3.05, 3.63) is 64.1 Å². The highest BCUT2D eigenvalue weighted by Gasteiger charge is 2.02. The highest BCUT2D eigenvalue weighted by Crippen LogP contribution is 2.20. The van der Waals surface area contributed by atoms with Gasteiger partial charge in [-0.3, -0.25) is 4.79 Å². The first-order chi connectivity index (χ1) is 11.6. The molecule has 1 N–H and O–H groups in total. The standard InChI is InChI=1S/C20H22BrNO2/c1-3-4-13-24-18-9-5-16(6-10-18)7-12-20(23)22-19-11-8-17(21)14-15(19)2/h5-12,14H,3-4,13H2,1-2H3,(H,22,23)/b12-7+. The van der Waals surface area contributed by atoms with Crippen LogP contribution in [0, 0.1) is 6.92 Å². The number of rotatable bonds is 7. The molecule has 2 aromatic carbocycles. The zero-order valence-electron chi connectivity index (χ0n) is 14.0. The molecular formula is C20H22BrNO2. The van der Waals surface area contributed by atoms with Crippen molar-refractivity contribution < 1.29 is 9.53 Å². The maximum atomic E-state index is 12.0. The molecule has 3 nitrogen and oxygen atoms in total. The molecule has 0 fully saturated rings. The van der Waals surface area contributed by atoms with Gasteiger partial charge in [0, 0.05) is 16.2 Å². The third kappa shape index (κ3) is 5.85. The monoisotopic (exact) mass is 387 g/mol. The summed E-state index contributed by atoms with van der Waals surface area (Å²) in [5.74, 6) is 0.708. The Balaban J connectivity index is 1.91. The fourth-order valence-corrected chi connectivity index (χ4v) is 2.60. The molecule has 0 spiro atoms. The molecule has 0 saturated heterocycles. The molecule has 126 valence electrons. The SMILES string of the molecule is CCCCOc1ccc(/C=C/C(=O)Nc2ccc(Br)cc2C)cc1. The molecule has 0 saturated carbocycles. The number of benzene rings is 2. The van der Waals surface area contributed by atoms with E-state index in [1.165, 1.54) is 6.08 Å². The second-order valence-corrected chi connectivity index (χ2v) is 6.47. The summed E-state index contributed by atoms with van der Waals surface area (Å²) in [6, 6.07) is 13.5. The summed E-state index contributed by atoms with van der Waals surface area (Å²) < 4.78 is 6.62. The predicted molar refractivity (Wildman–Crippen MR) is 103 cm³/mol. The Labute approximate surface area is 151 Å². The lowest BCUT2D eigenvalue weighted by atomic mass is 10.2. The third-order valence-electron chi connectivity index (χ3n) is 3.52. The first-order valence-corrected chi connectivity index (χ1v) is 8.86. The summed E-state index contributed by atoms with van der Waals surface area (Å²) in [5.41, 5.74) is 2.78. The number of anilines is 1. The number of carbonyl (C=O) groups is 1. The Morgan fingerprint density at radius 3 is 2.62 bits per heavy atom. The molecule has 2 rings (SSSR count). The number of amides is 1. The molecule has 0 unspecified atom stereocenters. The predicted octanol–water partition coefficient (Wildman–Crippen LogP) is 5.59. The number of carbonyl (C=O) groups excluding carboxylic acids is 1. The van der Waals surface area contributed by atoms with Gasteiger partial charge in [-0.05, 0) is 60.9 Å². The molecule has 2 aromatic rings. The number of aryl methyl sites for hydroxylation is 1. The van der Waals surface area contributed by atoms with Crippen molar-refractivity contribution in [3.8, 4) is 5.75 Å². The van der Waals surface area contributed by atoms with Crippen LogP contribution in [-0.2, 0) is 4.79 Å². The Bertz CT molecular complexity index is 708. The Morgan fingerprint density at radius 1 is 1.21 bits per heavy atom. The van der Waals surface area contributed by atoms with Crippen LogP contribution in [0.3, 0.4) is 0 Å². The van der Waals surface area contributed by atoms with Gasteiger partial charge in [-0.2, -0.15) is 0 Å². The van der Waals surface area contributed by atoms with Crippen LogP contribution in [0.2, 0.25) is 0 Å². The van der Waals surface area contributed by atoms with Gasteiger partial charge >= 0.3 is 0 Å². The first kappa shape index (κ1) is 18.3. The second kappa shape index (κ2) is 9.28.